The number of thioether (sulfide) groups is 1. The molecule has 90 valence electrons. The first-order valence-corrected chi connectivity index (χ1v) is 6.78. The lowest BCUT2D eigenvalue weighted by atomic mass is 10.2. The molecule has 0 bridgehead atoms. The van der Waals surface area contributed by atoms with Crippen molar-refractivity contribution in [2.45, 2.75) is 11.4 Å². The van der Waals surface area contributed by atoms with Gasteiger partial charge in [0, 0.05) is 11.9 Å². The Kier molecular flexibility index (Phi) is 3.86. The van der Waals surface area contributed by atoms with Crippen molar-refractivity contribution in [1.82, 2.24) is 14.9 Å². The minimum atomic E-state index is 0.791. The number of rotatable bonds is 4. The molecule has 0 amide bonds. The van der Waals surface area contributed by atoms with Crippen LogP contribution < -0.4 is 5.32 Å². The van der Waals surface area contributed by atoms with Crippen LogP contribution in [0.3, 0.4) is 0 Å². The third-order valence-corrected chi connectivity index (χ3v) is 3.55. The molecule has 1 heterocycles. The molecule has 0 aliphatic carbocycles. The van der Waals surface area contributed by atoms with Crippen molar-refractivity contribution in [3.8, 4) is 11.3 Å². The fraction of sp³-hybridized carbons (Fsp3) is 0.308. The molecule has 0 saturated carbocycles. The van der Waals surface area contributed by atoms with E-state index in [0.29, 0.717) is 0 Å². The smallest absolute Gasteiger partial charge is 0.122 e. The van der Waals surface area contributed by atoms with E-state index < -0.39 is 0 Å². The lowest BCUT2D eigenvalue weighted by molar-refractivity contribution is 0.712. The van der Waals surface area contributed by atoms with Crippen molar-refractivity contribution >= 4 is 11.8 Å². The highest BCUT2D eigenvalue weighted by atomic mass is 32.2. The minimum absolute atomic E-state index is 0.791. The van der Waals surface area contributed by atoms with Gasteiger partial charge in [-0.3, -0.25) is 0 Å². The molecule has 0 spiro atoms. The third-order valence-electron chi connectivity index (χ3n) is 2.81. The molecule has 17 heavy (non-hydrogen) atoms. The minimum Gasteiger partial charge on any atom is -0.330 e. The summed E-state index contributed by atoms with van der Waals surface area (Å²) in [4.78, 5) is 5.70. The summed E-state index contributed by atoms with van der Waals surface area (Å²) in [5.74, 6) is 1.05. The van der Waals surface area contributed by atoms with Gasteiger partial charge in [0.1, 0.15) is 5.82 Å². The van der Waals surface area contributed by atoms with Crippen molar-refractivity contribution < 1.29 is 0 Å². The van der Waals surface area contributed by atoms with Gasteiger partial charge >= 0.3 is 0 Å². The van der Waals surface area contributed by atoms with E-state index in [9.17, 15) is 0 Å². The Bertz CT molecular complexity index is 488. The van der Waals surface area contributed by atoms with E-state index >= 15 is 0 Å². The van der Waals surface area contributed by atoms with Gasteiger partial charge in [0.25, 0.3) is 0 Å². The largest absolute Gasteiger partial charge is 0.330 e. The Balaban J connectivity index is 2.32. The van der Waals surface area contributed by atoms with Crippen LogP contribution in [-0.4, -0.2) is 22.9 Å². The van der Waals surface area contributed by atoms with E-state index in [0.717, 1.165) is 18.1 Å². The number of hydrogen-bond acceptors (Lipinski definition) is 3. The molecule has 0 radical (unpaired) electrons. The van der Waals surface area contributed by atoms with Gasteiger partial charge in [0.15, 0.2) is 0 Å². The van der Waals surface area contributed by atoms with Crippen molar-refractivity contribution in [2.24, 2.45) is 7.05 Å². The lowest BCUT2D eigenvalue weighted by Gasteiger charge is -2.06. The topological polar surface area (TPSA) is 29.9 Å². The molecule has 0 fully saturated rings. The van der Waals surface area contributed by atoms with Crippen LogP contribution in [0.1, 0.15) is 5.82 Å². The highest BCUT2D eigenvalue weighted by Gasteiger charge is 2.07. The molecule has 0 atom stereocenters. The Labute approximate surface area is 106 Å². The van der Waals surface area contributed by atoms with Gasteiger partial charge in [-0.2, -0.15) is 0 Å². The number of hydrogen-bond donors (Lipinski definition) is 1. The van der Waals surface area contributed by atoms with Gasteiger partial charge in [-0.15, -0.1) is 11.8 Å². The van der Waals surface area contributed by atoms with E-state index in [4.69, 9.17) is 0 Å². The zero-order valence-electron chi connectivity index (χ0n) is 10.4. The zero-order valence-corrected chi connectivity index (χ0v) is 11.2. The highest BCUT2D eigenvalue weighted by molar-refractivity contribution is 7.98. The van der Waals surface area contributed by atoms with Crippen LogP contribution in [0, 0.1) is 0 Å². The van der Waals surface area contributed by atoms with Crippen molar-refractivity contribution in [3.05, 3.63) is 36.3 Å². The van der Waals surface area contributed by atoms with Crippen LogP contribution >= 0.6 is 11.8 Å². The third kappa shape index (κ3) is 2.53. The van der Waals surface area contributed by atoms with Crippen molar-refractivity contribution in [2.75, 3.05) is 13.3 Å². The average Bonchev–Trinajstić information content (AvgIpc) is 2.72. The maximum atomic E-state index is 4.42. The average molecular weight is 247 g/mol. The van der Waals surface area contributed by atoms with Crippen LogP contribution in [0.15, 0.2) is 35.4 Å². The fourth-order valence-electron chi connectivity index (χ4n) is 1.80. The quantitative estimate of drug-likeness (QED) is 0.842. The molecule has 1 aromatic carbocycles. The van der Waals surface area contributed by atoms with Gasteiger partial charge in [-0.1, -0.05) is 12.1 Å². The molecular weight excluding hydrogens is 230 g/mol. The van der Waals surface area contributed by atoms with Crippen LogP contribution in [0.5, 0.6) is 0 Å². The number of nitrogens with one attached hydrogen (secondary N) is 1. The molecule has 0 saturated heterocycles. The summed E-state index contributed by atoms with van der Waals surface area (Å²) in [7, 11) is 3.99. The van der Waals surface area contributed by atoms with Crippen molar-refractivity contribution in [3.63, 3.8) is 0 Å². The number of nitrogens with zero attached hydrogens (tertiary/aromatic N) is 2. The van der Waals surface area contributed by atoms with E-state index in [1.807, 2.05) is 13.2 Å². The summed E-state index contributed by atoms with van der Waals surface area (Å²) >= 11 is 1.76. The fourth-order valence-corrected chi connectivity index (χ4v) is 2.21. The van der Waals surface area contributed by atoms with Gasteiger partial charge < -0.3 is 9.88 Å². The number of aromatic nitrogens is 2. The molecule has 1 aromatic heterocycles. The maximum absolute atomic E-state index is 4.42. The highest BCUT2D eigenvalue weighted by Crippen LogP contribution is 2.23. The van der Waals surface area contributed by atoms with E-state index in [1.165, 1.54) is 10.5 Å². The predicted octanol–water partition coefficient (Wildman–Crippen LogP) is 2.53. The van der Waals surface area contributed by atoms with E-state index in [1.54, 1.807) is 11.8 Å². The summed E-state index contributed by atoms with van der Waals surface area (Å²) in [5.41, 5.74) is 2.36. The molecule has 2 rings (SSSR count). The first-order valence-electron chi connectivity index (χ1n) is 5.56. The van der Waals surface area contributed by atoms with Gasteiger partial charge in [0.05, 0.1) is 18.4 Å². The standard InChI is InChI=1S/C13H17N3S/c1-14-9-13-15-8-12(16(13)2)10-4-6-11(17-3)7-5-10/h4-8,14H,9H2,1-3H3. The summed E-state index contributed by atoms with van der Waals surface area (Å²) in [6.45, 7) is 0.791. The van der Waals surface area contributed by atoms with Crippen LogP contribution in [0.2, 0.25) is 0 Å². The Morgan fingerprint density at radius 1 is 1.29 bits per heavy atom. The SMILES string of the molecule is CNCc1ncc(-c2ccc(SC)cc2)n1C. The zero-order chi connectivity index (χ0) is 12.3. The molecule has 0 aliphatic rings. The molecular formula is C13H17N3S. The summed E-state index contributed by atoms with van der Waals surface area (Å²) in [6.07, 6.45) is 4.02. The molecule has 4 heteroatoms. The first kappa shape index (κ1) is 12.2. The van der Waals surface area contributed by atoms with Gasteiger partial charge in [0.2, 0.25) is 0 Å². The second-order valence-electron chi connectivity index (χ2n) is 3.88. The molecule has 0 aliphatic heterocycles. The predicted molar refractivity (Wildman–Crippen MR) is 73.2 cm³/mol. The molecule has 3 nitrogen and oxygen atoms in total. The Hall–Kier alpha value is -1.26. The lowest BCUT2D eigenvalue weighted by Crippen LogP contribution is -2.10. The van der Waals surface area contributed by atoms with Crippen molar-refractivity contribution in [1.29, 1.82) is 0 Å². The summed E-state index contributed by atoms with van der Waals surface area (Å²) in [6, 6.07) is 8.58. The molecule has 1 N–H and O–H groups in total. The normalized spacial score (nSPS) is 10.8. The van der Waals surface area contributed by atoms with Gasteiger partial charge in [-0.05, 0) is 31.0 Å². The summed E-state index contributed by atoms with van der Waals surface area (Å²) in [5, 5.41) is 3.12. The van der Waals surface area contributed by atoms with Crippen LogP contribution in [-0.2, 0) is 13.6 Å². The monoisotopic (exact) mass is 247 g/mol. The molecule has 0 unspecified atom stereocenters. The second-order valence-corrected chi connectivity index (χ2v) is 4.76. The second kappa shape index (κ2) is 5.38. The maximum Gasteiger partial charge on any atom is 0.122 e. The Morgan fingerprint density at radius 2 is 2.00 bits per heavy atom. The van der Waals surface area contributed by atoms with Crippen LogP contribution in [0.4, 0.5) is 0 Å². The van der Waals surface area contributed by atoms with E-state index in [-0.39, 0.29) is 0 Å². The number of imidazole rings is 1. The van der Waals surface area contributed by atoms with Crippen LogP contribution in [0.25, 0.3) is 11.3 Å². The Morgan fingerprint density at radius 3 is 2.59 bits per heavy atom. The molecule has 2 aromatic rings. The number of benzene rings is 1. The first-order chi connectivity index (χ1) is 8.26. The van der Waals surface area contributed by atoms with Gasteiger partial charge in [-0.25, -0.2) is 4.98 Å². The van der Waals surface area contributed by atoms with E-state index in [2.05, 4.69) is 52.4 Å². The summed E-state index contributed by atoms with van der Waals surface area (Å²) < 4.78 is 2.13.